The van der Waals surface area contributed by atoms with Crippen molar-refractivity contribution in [1.29, 1.82) is 5.26 Å². The highest BCUT2D eigenvalue weighted by Crippen LogP contribution is 2.20. The first-order valence-corrected chi connectivity index (χ1v) is 6.93. The second-order valence-corrected chi connectivity index (χ2v) is 6.98. The molecule has 3 N–H and O–H groups in total. The lowest BCUT2D eigenvalue weighted by molar-refractivity contribution is 0.407. The summed E-state index contributed by atoms with van der Waals surface area (Å²) >= 11 is 0. The van der Waals surface area contributed by atoms with Gasteiger partial charge in [-0.3, -0.25) is 0 Å². The predicted octanol–water partition coefficient (Wildman–Crippen LogP) is 1.46. The van der Waals surface area contributed by atoms with E-state index in [1.165, 1.54) is 18.2 Å². The Balaban J connectivity index is 3.03. The number of benzene rings is 1. The molecule has 5 nitrogen and oxygen atoms in total. The van der Waals surface area contributed by atoms with E-state index in [1.807, 2.05) is 26.8 Å². The van der Waals surface area contributed by atoms with Crippen LogP contribution in [-0.4, -0.2) is 15.0 Å². The van der Waals surface area contributed by atoms with Crippen molar-refractivity contribution in [1.82, 2.24) is 4.72 Å². The van der Waals surface area contributed by atoms with Crippen LogP contribution in [0.2, 0.25) is 0 Å². The lowest BCUT2D eigenvalue weighted by atomic mass is 9.98. The predicted molar refractivity (Wildman–Crippen MR) is 70.2 cm³/mol. The highest BCUT2D eigenvalue weighted by Gasteiger charge is 2.20. The number of anilines is 1. The number of sulfonamides is 1. The van der Waals surface area contributed by atoms with Gasteiger partial charge >= 0.3 is 0 Å². The molecule has 0 saturated heterocycles. The smallest absolute Gasteiger partial charge is 0.242 e. The summed E-state index contributed by atoms with van der Waals surface area (Å²) in [6, 6.07) is 6.04. The van der Waals surface area contributed by atoms with Crippen molar-refractivity contribution >= 4 is 15.7 Å². The molecule has 0 amide bonds. The number of nitrogens with zero attached hydrogens (tertiary/aromatic N) is 1. The molecule has 1 rings (SSSR count). The fourth-order valence-electron chi connectivity index (χ4n) is 1.25. The maximum absolute atomic E-state index is 12.0. The second-order valence-electron chi connectivity index (χ2n) is 5.25. The van der Waals surface area contributed by atoms with Gasteiger partial charge in [-0.1, -0.05) is 20.8 Å². The van der Waals surface area contributed by atoms with Crippen LogP contribution >= 0.6 is 0 Å². The number of nitrogens with one attached hydrogen (secondary N) is 1. The van der Waals surface area contributed by atoms with Crippen LogP contribution < -0.4 is 10.5 Å². The van der Waals surface area contributed by atoms with E-state index in [2.05, 4.69) is 4.72 Å². The molecular formula is C12H17N3O2S. The number of nitriles is 1. The molecule has 0 aliphatic carbocycles. The average molecular weight is 267 g/mol. The Hall–Kier alpha value is -1.58. The fraction of sp³-hybridized carbons (Fsp3) is 0.417. The van der Waals surface area contributed by atoms with Crippen molar-refractivity contribution in [3.8, 4) is 6.07 Å². The molecule has 1 aromatic carbocycles. The number of nitrogen functional groups attached to an aromatic ring is 1. The topological polar surface area (TPSA) is 96.0 Å². The van der Waals surface area contributed by atoms with Crippen molar-refractivity contribution in [2.24, 2.45) is 5.41 Å². The molecule has 0 fully saturated rings. The Kier molecular flexibility index (Phi) is 3.99. The lowest BCUT2D eigenvalue weighted by Gasteiger charge is -2.19. The van der Waals surface area contributed by atoms with Crippen LogP contribution in [0.25, 0.3) is 0 Å². The Bertz CT molecular complexity index is 580. The molecular weight excluding hydrogens is 250 g/mol. The van der Waals surface area contributed by atoms with E-state index in [0.717, 1.165) is 0 Å². The molecule has 0 atom stereocenters. The van der Waals surface area contributed by atoms with Crippen molar-refractivity contribution in [3.05, 3.63) is 23.8 Å². The highest BCUT2D eigenvalue weighted by atomic mass is 32.2. The number of rotatable bonds is 3. The van der Waals surface area contributed by atoms with Crippen molar-refractivity contribution in [2.75, 3.05) is 12.3 Å². The van der Waals surface area contributed by atoms with Gasteiger partial charge in [0.1, 0.15) is 4.90 Å². The van der Waals surface area contributed by atoms with E-state index in [1.54, 1.807) is 0 Å². The third-order valence-electron chi connectivity index (χ3n) is 2.22. The molecule has 1 aromatic rings. The van der Waals surface area contributed by atoms with Crippen LogP contribution in [0.4, 0.5) is 5.69 Å². The van der Waals surface area contributed by atoms with Gasteiger partial charge in [-0.2, -0.15) is 5.26 Å². The lowest BCUT2D eigenvalue weighted by Crippen LogP contribution is -2.32. The van der Waals surface area contributed by atoms with Crippen molar-refractivity contribution in [2.45, 2.75) is 25.7 Å². The van der Waals surface area contributed by atoms with E-state index in [-0.39, 0.29) is 16.0 Å². The zero-order chi connectivity index (χ0) is 14.0. The summed E-state index contributed by atoms with van der Waals surface area (Å²) < 4.78 is 26.6. The summed E-state index contributed by atoms with van der Waals surface area (Å²) in [4.78, 5) is 0.00532. The second kappa shape index (κ2) is 4.96. The number of nitrogens with two attached hydrogens (primary N) is 1. The minimum absolute atomic E-state index is 0.00532. The third-order valence-corrected chi connectivity index (χ3v) is 3.70. The molecule has 0 bridgehead atoms. The number of hydrogen-bond donors (Lipinski definition) is 2. The molecule has 0 radical (unpaired) electrons. The Morgan fingerprint density at radius 2 is 2.00 bits per heavy atom. The first-order valence-electron chi connectivity index (χ1n) is 5.45. The van der Waals surface area contributed by atoms with E-state index in [4.69, 9.17) is 11.0 Å². The Morgan fingerprint density at radius 1 is 1.39 bits per heavy atom. The molecule has 0 saturated carbocycles. The van der Waals surface area contributed by atoms with Crippen LogP contribution in [0.1, 0.15) is 26.3 Å². The van der Waals surface area contributed by atoms with Crippen LogP contribution in [0, 0.1) is 16.7 Å². The molecule has 0 unspecified atom stereocenters. The van der Waals surface area contributed by atoms with Crippen molar-refractivity contribution in [3.63, 3.8) is 0 Å². The summed E-state index contributed by atoms with van der Waals surface area (Å²) in [5.41, 5.74) is 5.91. The van der Waals surface area contributed by atoms with Gasteiger partial charge in [0.2, 0.25) is 10.0 Å². The van der Waals surface area contributed by atoms with Gasteiger partial charge in [0.15, 0.2) is 0 Å². The summed E-state index contributed by atoms with van der Waals surface area (Å²) in [7, 11) is -3.63. The molecule has 0 aliphatic heterocycles. The first-order chi connectivity index (χ1) is 8.15. The maximum Gasteiger partial charge on any atom is 0.242 e. The van der Waals surface area contributed by atoms with Gasteiger partial charge in [0, 0.05) is 6.54 Å². The molecule has 0 heterocycles. The van der Waals surface area contributed by atoms with Crippen molar-refractivity contribution < 1.29 is 8.42 Å². The Labute approximate surface area is 108 Å². The zero-order valence-electron chi connectivity index (χ0n) is 10.7. The van der Waals surface area contributed by atoms with Gasteiger partial charge < -0.3 is 5.73 Å². The van der Waals surface area contributed by atoms with E-state index < -0.39 is 10.0 Å². The van der Waals surface area contributed by atoms with E-state index >= 15 is 0 Å². The van der Waals surface area contributed by atoms with Gasteiger partial charge in [0.05, 0.1) is 17.3 Å². The first kappa shape index (κ1) is 14.5. The minimum atomic E-state index is -3.63. The highest BCUT2D eigenvalue weighted by molar-refractivity contribution is 7.89. The standard InChI is InChI=1S/C12H17N3O2S/c1-12(2,3)8-15-18(16,17)11-5-4-9(7-13)6-10(11)14/h4-6,15H,8,14H2,1-3H3. The molecule has 0 aliphatic rings. The normalized spacial score (nSPS) is 12.1. The summed E-state index contributed by atoms with van der Waals surface area (Å²) in [5, 5.41) is 8.70. The van der Waals surface area contributed by atoms with Crippen LogP contribution in [-0.2, 0) is 10.0 Å². The molecule has 98 valence electrons. The number of hydrogen-bond acceptors (Lipinski definition) is 4. The van der Waals surface area contributed by atoms with Crippen LogP contribution in [0.3, 0.4) is 0 Å². The average Bonchev–Trinajstić information content (AvgIpc) is 2.25. The van der Waals surface area contributed by atoms with Gasteiger partial charge in [-0.05, 0) is 23.6 Å². The summed E-state index contributed by atoms with van der Waals surface area (Å²) in [6.07, 6.45) is 0. The summed E-state index contributed by atoms with van der Waals surface area (Å²) in [5.74, 6) is 0. The zero-order valence-corrected chi connectivity index (χ0v) is 11.5. The fourth-order valence-corrected chi connectivity index (χ4v) is 2.65. The van der Waals surface area contributed by atoms with Gasteiger partial charge in [-0.25, -0.2) is 13.1 Å². The summed E-state index contributed by atoms with van der Waals surface area (Å²) in [6.45, 7) is 6.10. The molecule has 0 aromatic heterocycles. The minimum Gasteiger partial charge on any atom is -0.398 e. The van der Waals surface area contributed by atoms with Gasteiger partial charge in [0.25, 0.3) is 0 Å². The van der Waals surface area contributed by atoms with Crippen LogP contribution in [0.15, 0.2) is 23.1 Å². The SMILES string of the molecule is CC(C)(C)CNS(=O)(=O)c1ccc(C#N)cc1N. The van der Waals surface area contributed by atoms with E-state index in [0.29, 0.717) is 12.1 Å². The third kappa shape index (κ3) is 3.72. The van der Waals surface area contributed by atoms with Gasteiger partial charge in [-0.15, -0.1) is 0 Å². The van der Waals surface area contributed by atoms with E-state index in [9.17, 15) is 8.42 Å². The Morgan fingerprint density at radius 3 is 2.44 bits per heavy atom. The molecule has 18 heavy (non-hydrogen) atoms. The maximum atomic E-state index is 12.0. The quantitative estimate of drug-likeness (QED) is 0.810. The monoisotopic (exact) mass is 267 g/mol. The largest absolute Gasteiger partial charge is 0.398 e. The molecule has 6 heteroatoms. The van der Waals surface area contributed by atoms with Crippen LogP contribution in [0.5, 0.6) is 0 Å². The molecule has 0 spiro atoms.